The number of fused-ring (bicyclic) bond motifs is 10. The summed E-state index contributed by atoms with van der Waals surface area (Å²) < 4.78 is 6.67. The molecule has 0 saturated carbocycles. The van der Waals surface area contributed by atoms with Gasteiger partial charge < -0.3 is 19.8 Å². The molecule has 3 aromatic heterocycles. The first-order valence-electron chi connectivity index (χ1n) is 18.4. The highest BCUT2D eigenvalue weighted by Gasteiger charge is 2.19. The number of carboxylic acid groups (broad SMARTS) is 1. The lowest BCUT2D eigenvalue weighted by Gasteiger charge is -2.11. The third kappa shape index (κ3) is 8.44. The molecule has 0 saturated heterocycles. The third-order valence-electron chi connectivity index (χ3n) is 8.84. The smallest absolute Gasteiger partial charge is 0.335 e. The van der Waals surface area contributed by atoms with Crippen molar-refractivity contribution in [1.82, 2.24) is 19.9 Å². The zero-order chi connectivity index (χ0) is 35.6. The Labute approximate surface area is 296 Å². The minimum absolute atomic E-state index is 0.261. The number of aryl methyl sites for hydroxylation is 2. The molecule has 2 aliphatic heterocycles. The van der Waals surface area contributed by atoms with Crippen LogP contribution < -0.4 is 4.74 Å². The lowest BCUT2D eigenvalue weighted by molar-refractivity contribution is -0.132. The van der Waals surface area contributed by atoms with Crippen molar-refractivity contribution in [2.75, 3.05) is 6.61 Å². The van der Waals surface area contributed by atoms with Crippen molar-refractivity contribution >= 4 is 51.3 Å². The van der Waals surface area contributed by atoms with Gasteiger partial charge in [0.2, 0.25) is 0 Å². The maximum atomic E-state index is 11.6. The maximum Gasteiger partial charge on any atom is 0.335 e. The molecule has 6 rings (SSSR count). The second-order valence-electron chi connectivity index (χ2n) is 13.1. The highest BCUT2D eigenvalue weighted by molar-refractivity contribution is 5.92. The van der Waals surface area contributed by atoms with Crippen molar-refractivity contribution in [3.8, 4) is 5.75 Å². The molecule has 262 valence electrons. The highest BCUT2D eigenvalue weighted by atomic mass is 16.5. The second kappa shape index (κ2) is 17.1. The van der Waals surface area contributed by atoms with Crippen LogP contribution in [0.2, 0.25) is 0 Å². The van der Waals surface area contributed by atoms with Gasteiger partial charge in [0.05, 0.1) is 33.7 Å². The average molecular weight is 673 g/mol. The number of H-pyrrole nitrogens is 2. The van der Waals surface area contributed by atoms with Gasteiger partial charge in [-0.25, -0.2) is 14.8 Å². The Hall–Kier alpha value is -4.91. The number of aliphatic carboxylic acids is 1. The first kappa shape index (κ1) is 36.4. The van der Waals surface area contributed by atoms with Gasteiger partial charge >= 0.3 is 5.97 Å². The van der Waals surface area contributed by atoms with Gasteiger partial charge in [-0.3, -0.25) is 0 Å². The number of nitrogens with one attached hydrogen (secondary N) is 2. The van der Waals surface area contributed by atoms with Gasteiger partial charge in [-0.1, -0.05) is 85.5 Å². The molecule has 5 heterocycles. The number of carbonyl (C=O) groups is 1. The summed E-state index contributed by atoms with van der Waals surface area (Å²) in [5.41, 5.74) is 13.8. The summed E-state index contributed by atoms with van der Waals surface area (Å²) in [6.07, 6.45) is 20.0. The van der Waals surface area contributed by atoms with Gasteiger partial charge in [0.15, 0.2) is 0 Å². The van der Waals surface area contributed by atoms with Crippen molar-refractivity contribution in [3.63, 3.8) is 0 Å². The lowest BCUT2D eigenvalue weighted by Crippen LogP contribution is -2.03. The first-order chi connectivity index (χ1) is 24.3. The van der Waals surface area contributed by atoms with Crippen molar-refractivity contribution in [3.05, 3.63) is 99.7 Å². The summed E-state index contributed by atoms with van der Waals surface area (Å²) in [5, 5.41) is 9.48. The average Bonchev–Trinajstić information content (AvgIpc) is 3.86. The van der Waals surface area contributed by atoms with Crippen LogP contribution in [0.1, 0.15) is 120 Å². The van der Waals surface area contributed by atoms with Crippen molar-refractivity contribution in [2.45, 2.75) is 99.3 Å². The quantitative estimate of drug-likeness (QED) is 0.188. The molecule has 3 aromatic rings. The van der Waals surface area contributed by atoms with Gasteiger partial charge in [0.1, 0.15) is 18.1 Å². The Balaban J connectivity index is 0.00000156. The summed E-state index contributed by atoms with van der Waals surface area (Å²) in [5.74, 6) is -0.250. The molecule has 0 fully saturated rings. The minimum Gasteiger partial charge on any atom is -0.487 e. The Morgan fingerprint density at radius 1 is 0.780 bits per heavy atom. The Bertz CT molecular complexity index is 2030. The van der Waals surface area contributed by atoms with E-state index in [1.807, 2.05) is 12.2 Å². The first-order valence-corrected chi connectivity index (χ1v) is 18.4. The zero-order valence-electron chi connectivity index (χ0n) is 30.6. The van der Waals surface area contributed by atoms with Gasteiger partial charge in [0.25, 0.3) is 0 Å². The van der Waals surface area contributed by atoms with Crippen LogP contribution in [-0.2, 0) is 17.6 Å². The zero-order valence-corrected chi connectivity index (χ0v) is 30.6. The predicted octanol–water partition coefficient (Wildman–Crippen LogP) is 11.2. The molecule has 1 aliphatic carbocycles. The normalized spacial score (nSPS) is 13.8. The molecular formula is C43H52N4O3. The molecule has 8 bridgehead atoms. The van der Waals surface area contributed by atoms with Crippen LogP contribution in [0.5, 0.6) is 5.75 Å². The molecular weight excluding hydrogens is 620 g/mol. The minimum atomic E-state index is -0.939. The van der Waals surface area contributed by atoms with Crippen molar-refractivity contribution in [2.24, 2.45) is 0 Å². The van der Waals surface area contributed by atoms with Crippen LogP contribution in [-0.4, -0.2) is 37.6 Å². The molecule has 3 aliphatic rings. The standard InChI is InChI=1S/C40H44N4O3.C3H8/c1-5-10-28-20-35-34-19-26(8-4)33(43-34)23-38(47-24-25-13-9-14-27(16-15-25)40(45)46)39-30(12-7-3)22-37(44-39)36-21-29(11-6-2)32(42-36)18-17-31(28)41-35;1-3-2/h9,14-23,42-43H,5-8,10-13,24H2,1-4H3,(H,45,46);3H2,1-2H3. The van der Waals surface area contributed by atoms with Gasteiger partial charge in [-0.15, -0.1) is 0 Å². The number of hydrogen-bond acceptors (Lipinski definition) is 4. The van der Waals surface area contributed by atoms with E-state index in [0.717, 1.165) is 101 Å². The molecule has 50 heavy (non-hydrogen) atoms. The molecule has 0 atom stereocenters. The molecule has 7 nitrogen and oxygen atoms in total. The molecule has 7 heteroatoms. The highest BCUT2D eigenvalue weighted by Crippen LogP contribution is 2.36. The fraction of sp³-hybridized carbons (Fsp3) is 0.372. The Morgan fingerprint density at radius 2 is 1.44 bits per heavy atom. The van der Waals surface area contributed by atoms with Crippen LogP contribution in [0.4, 0.5) is 0 Å². The number of carboxylic acids is 1. The van der Waals surface area contributed by atoms with Crippen LogP contribution in [0, 0.1) is 0 Å². The topological polar surface area (TPSA) is 104 Å². The number of ether oxygens (including phenoxy) is 1. The number of hydrogen-bond donors (Lipinski definition) is 3. The lowest BCUT2D eigenvalue weighted by atomic mass is 10.1. The van der Waals surface area contributed by atoms with E-state index < -0.39 is 5.97 Å². The van der Waals surface area contributed by atoms with Gasteiger partial charge in [-0.2, -0.15) is 0 Å². The predicted molar refractivity (Wildman–Crippen MR) is 209 cm³/mol. The summed E-state index contributed by atoms with van der Waals surface area (Å²) in [7, 11) is 0. The van der Waals surface area contributed by atoms with E-state index in [1.54, 1.807) is 12.2 Å². The van der Waals surface area contributed by atoms with Gasteiger partial charge in [-0.05, 0) is 102 Å². The Kier molecular flexibility index (Phi) is 12.5. The molecule has 0 radical (unpaired) electrons. The van der Waals surface area contributed by atoms with E-state index in [2.05, 4.69) is 94.0 Å². The second-order valence-corrected chi connectivity index (χ2v) is 13.1. The summed E-state index contributed by atoms with van der Waals surface area (Å²) in [4.78, 5) is 29.3. The SMILES string of the molecule is CCC.CCCC1=Cc2nc1ccc1[nH]c(cc1CCC)c1nc(c(OCC3=CC=C(C(=O)O)C=CC3)cc3[nH]c2cc3CC)C(CCC)=C1. The Morgan fingerprint density at radius 3 is 2.14 bits per heavy atom. The fourth-order valence-corrected chi connectivity index (χ4v) is 6.40. The fourth-order valence-electron chi connectivity index (χ4n) is 6.40. The van der Waals surface area contributed by atoms with Crippen LogP contribution in [0.3, 0.4) is 0 Å². The van der Waals surface area contributed by atoms with E-state index in [4.69, 9.17) is 14.7 Å². The van der Waals surface area contributed by atoms with E-state index in [0.29, 0.717) is 18.8 Å². The number of aromatic nitrogens is 4. The van der Waals surface area contributed by atoms with E-state index >= 15 is 0 Å². The van der Waals surface area contributed by atoms with Crippen molar-refractivity contribution in [1.29, 1.82) is 0 Å². The summed E-state index contributed by atoms with van der Waals surface area (Å²) >= 11 is 0. The molecule has 0 spiro atoms. The maximum absolute atomic E-state index is 11.6. The number of nitrogens with zero attached hydrogens (tertiary/aromatic N) is 2. The molecule has 0 unspecified atom stereocenters. The third-order valence-corrected chi connectivity index (χ3v) is 8.84. The monoisotopic (exact) mass is 672 g/mol. The summed E-state index contributed by atoms with van der Waals surface area (Å²) in [6, 6.07) is 10.9. The molecule has 0 amide bonds. The van der Waals surface area contributed by atoms with E-state index in [-0.39, 0.29) is 5.57 Å². The summed E-state index contributed by atoms with van der Waals surface area (Å²) in [6.45, 7) is 13.3. The van der Waals surface area contributed by atoms with E-state index in [9.17, 15) is 9.90 Å². The van der Waals surface area contributed by atoms with E-state index in [1.165, 1.54) is 23.1 Å². The van der Waals surface area contributed by atoms with Crippen LogP contribution in [0.25, 0.3) is 45.4 Å². The van der Waals surface area contributed by atoms with Crippen LogP contribution >= 0.6 is 0 Å². The number of rotatable bonds is 11. The largest absolute Gasteiger partial charge is 0.487 e. The van der Waals surface area contributed by atoms with Gasteiger partial charge in [0, 0.05) is 17.1 Å². The number of aromatic amines is 2. The molecule has 0 aromatic carbocycles. The molecule has 3 N–H and O–H groups in total. The number of allylic oxidation sites excluding steroid dienone is 5. The van der Waals surface area contributed by atoms with Crippen LogP contribution in [0.15, 0.2) is 65.8 Å². The van der Waals surface area contributed by atoms with Crippen molar-refractivity contribution < 1.29 is 14.6 Å².